The van der Waals surface area contributed by atoms with Crippen molar-refractivity contribution < 1.29 is 19.0 Å². The van der Waals surface area contributed by atoms with Crippen LogP contribution in [-0.4, -0.2) is 26.2 Å². The first kappa shape index (κ1) is 17.9. The van der Waals surface area contributed by atoms with Crippen molar-refractivity contribution in [3.63, 3.8) is 0 Å². The first-order valence-corrected chi connectivity index (χ1v) is 7.91. The third-order valence-corrected chi connectivity index (χ3v) is 3.72. The molecule has 2 rings (SSSR count). The van der Waals surface area contributed by atoms with E-state index in [0.717, 1.165) is 0 Å². The maximum absolute atomic E-state index is 12.5. The Hall–Kier alpha value is -2.40. The van der Waals surface area contributed by atoms with Crippen LogP contribution in [0.4, 0.5) is 5.69 Å². The van der Waals surface area contributed by atoms with E-state index in [9.17, 15) is 4.79 Å². The van der Waals surface area contributed by atoms with E-state index < -0.39 is 6.10 Å². The molecule has 0 unspecified atom stereocenters. The zero-order valence-corrected chi connectivity index (χ0v) is 14.6. The topological polar surface area (TPSA) is 56.8 Å². The van der Waals surface area contributed by atoms with Crippen LogP contribution < -0.4 is 19.5 Å². The molecule has 0 aliphatic carbocycles. The maximum atomic E-state index is 12.5. The molecule has 128 valence electrons. The van der Waals surface area contributed by atoms with Crippen molar-refractivity contribution in [3.05, 3.63) is 47.5 Å². The number of carbonyl (C=O) groups excluding carboxylic acids is 1. The summed E-state index contributed by atoms with van der Waals surface area (Å²) < 4.78 is 16.1. The second-order valence-corrected chi connectivity index (χ2v) is 5.41. The fourth-order valence-corrected chi connectivity index (χ4v) is 2.42. The minimum Gasteiger partial charge on any atom is -0.495 e. The average Bonchev–Trinajstić information content (AvgIpc) is 2.60. The summed E-state index contributed by atoms with van der Waals surface area (Å²) in [6, 6.07) is 12.3. The van der Waals surface area contributed by atoms with Gasteiger partial charge in [0.25, 0.3) is 5.91 Å². The highest BCUT2D eigenvalue weighted by Gasteiger charge is 2.20. The smallest absolute Gasteiger partial charge is 0.265 e. The van der Waals surface area contributed by atoms with E-state index in [1.165, 1.54) is 7.11 Å². The van der Waals surface area contributed by atoms with Gasteiger partial charge in [-0.3, -0.25) is 4.79 Å². The zero-order valence-electron chi connectivity index (χ0n) is 13.8. The van der Waals surface area contributed by atoms with Crippen molar-refractivity contribution in [2.45, 2.75) is 19.4 Å². The molecule has 0 aliphatic heterocycles. The summed E-state index contributed by atoms with van der Waals surface area (Å²) in [6.07, 6.45) is -0.143. The van der Waals surface area contributed by atoms with E-state index in [-0.39, 0.29) is 5.91 Å². The van der Waals surface area contributed by atoms with Crippen LogP contribution in [0.1, 0.15) is 13.3 Å². The number of anilines is 1. The zero-order chi connectivity index (χ0) is 17.5. The molecule has 0 bridgehead atoms. The molecule has 0 saturated carbocycles. The van der Waals surface area contributed by atoms with Gasteiger partial charge in [0.15, 0.2) is 17.6 Å². The van der Waals surface area contributed by atoms with Gasteiger partial charge in [0.2, 0.25) is 0 Å². The van der Waals surface area contributed by atoms with Gasteiger partial charge in [-0.1, -0.05) is 30.7 Å². The Bertz CT molecular complexity index is 705. The van der Waals surface area contributed by atoms with E-state index in [2.05, 4.69) is 5.32 Å². The number of hydrogen-bond acceptors (Lipinski definition) is 4. The number of methoxy groups -OCH3 is 2. The number of halogens is 1. The molecule has 24 heavy (non-hydrogen) atoms. The fraction of sp³-hybridized carbons (Fsp3) is 0.278. The largest absolute Gasteiger partial charge is 0.495 e. The highest BCUT2D eigenvalue weighted by Crippen LogP contribution is 2.29. The lowest BCUT2D eigenvalue weighted by Crippen LogP contribution is -2.32. The van der Waals surface area contributed by atoms with Crippen molar-refractivity contribution in [2.75, 3.05) is 19.5 Å². The molecule has 1 atom stereocenters. The SMILES string of the molecule is CC[C@@H](Oc1ccccc1OC)C(=O)Nc1ccc(OC)c(Cl)c1. The Kier molecular flexibility index (Phi) is 6.32. The number of hydrogen-bond donors (Lipinski definition) is 1. The van der Waals surface area contributed by atoms with Gasteiger partial charge in [0.05, 0.1) is 19.2 Å². The van der Waals surface area contributed by atoms with E-state index >= 15 is 0 Å². The van der Waals surface area contributed by atoms with Crippen molar-refractivity contribution in [1.82, 2.24) is 0 Å². The van der Waals surface area contributed by atoms with Crippen molar-refractivity contribution >= 4 is 23.2 Å². The number of benzene rings is 2. The molecule has 2 aromatic rings. The van der Waals surface area contributed by atoms with E-state index in [0.29, 0.717) is 34.4 Å². The summed E-state index contributed by atoms with van der Waals surface area (Å²) in [4.78, 5) is 12.5. The lowest BCUT2D eigenvalue weighted by molar-refractivity contribution is -0.122. The first-order valence-electron chi connectivity index (χ1n) is 7.53. The number of amides is 1. The molecule has 0 saturated heterocycles. The first-order chi connectivity index (χ1) is 11.6. The van der Waals surface area contributed by atoms with Gasteiger partial charge in [0.1, 0.15) is 5.75 Å². The summed E-state index contributed by atoms with van der Waals surface area (Å²) in [6.45, 7) is 1.88. The number of rotatable bonds is 7. The highest BCUT2D eigenvalue weighted by atomic mass is 35.5. The van der Waals surface area contributed by atoms with Gasteiger partial charge in [-0.25, -0.2) is 0 Å². The molecular formula is C18H20ClNO4. The normalized spacial score (nSPS) is 11.5. The van der Waals surface area contributed by atoms with Crippen LogP contribution in [0.5, 0.6) is 17.2 Å². The predicted octanol–water partition coefficient (Wildman–Crippen LogP) is 4.15. The van der Waals surface area contributed by atoms with Gasteiger partial charge in [-0.15, -0.1) is 0 Å². The van der Waals surface area contributed by atoms with Crippen LogP contribution in [0, 0.1) is 0 Å². The maximum Gasteiger partial charge on any atom is 0.265 e. The lowest BCUT2D eigenvalue weighted by atomic mass is 10.2. The Balaban J connectivity index is 2.10. The number of nitrogens with one attached hydrogen (secondary N) is 1. The fourth-order valence-electron chi connectivity index (χ4n) is 2.16. The molecule has 1 amide bonds. The van der Waals surface area contributed by atoms with Crippen LogP contribution >= 0.6 is 11.6 Å². The summed E-state index contributed by atoms with van der Waals surface area (Å²) >= 11 is 6.07. The summed E-state index contributed by atoms with van der Waals surface area (Å²) in [5.41, 5.74) is 0.577. The number of ether oxygens (including phenoxy) is 3. The molecule has 2 aromatic carbocycles. The quantitative estimate of drug-likeness (QED) is 0.815. The van der Waals surface area contributed by atoms with Gasteiger partial charge in [-0.05, 0) is 36.8 Å². The van der Waals surface area contributed by atoms with E-state index in [1.807, 2.05) is 19.1 Å². The van der Waals surface area contributed by atoms with Crippen LogP contribution in [0.2, 0.25) is 5.02 Å². The van der Waals surface area contributed by atoms with Gasteiger partial charge in [-0.2, -0.15) is 0 Å². The Morgan fingerprint density at radius 1 is 1.08 bits per heavy atom. The molecule has 6 heteroatoms. The number of carbonyl (C=O) groups is 1. The molecular weight excluding hydrogens is 330 g/mol. The average molecular weight is 350 g/mol. The Morgan fingerprint density at radius 2 is 1.75 bits per heavy atom. The van der Waals surface area contributed by atoms with Crippen molar-refractivity contribution in [3.8, 4) is 17.2 Å². The minimum absolute atomic E-state index is 0.260. The van der Waals surface area contributed by atoms with E-state index in [1.54, 1.807) is 37.4 Å². The van der Waals surface area contributed by atoms with E-state index in [4.69, 9.17) is 25.8 Å². The van der Waals surface area contributed by atoms with Crippen molar-refractivity contribution in [2.24, 2.45) is 0 Å². The number of para-hydroxylation sites is 2. The standard InChI is InChI=1S/C18H20ClNO4/c1-4-14(24-17-8-6-5-7-16(17)23-3)18(21)20-12-9-10-15(22-2)13(19)11-12/h5-11,14H,4H2,1-3H3,(H,20,21)/t14-/m1/s1. The van der Waals surface area contributed by atoms with Crippen LogP contribution in [0.15, 0.2) is 42.5 Å². The summed E-state index contributed by atoms with van der Waals surface area (Å²) in [7, 11) is 3.09. The Labute approximate surface area is 146 Å². The third-order valence-electron chi connectivity index (χ3n) is 3.42. The molecule has 0 heterocycles. The van der Waals surface area contributed by atoms with Crippen LogP contribution in [0.3, 0.4) is 0 Å². The third kappa shape index (κ3) is 4.32. The monoisotopic (exact) mass is 349 g/mol. The highest BCUT2D eigenvalue weighted by molar-refractivity contribution is 6.32. The summed E-state index contributed by atoms with van der Waals surface area (Å²) in [5.74, 6) is 1.39. The minimum atomic E-state index is -0.651. The van der Waals surface area contributed by atoms with Crippen LogP contribution in [0.25, 0.3) is 0 Å². The molecule has 5 nitrogen and oxygen atoms in total. The second-order valence-electron chi connectivity index (χ2n) is 5.00. The predicted molar refractivity (Wildman–Crippen MR) is 94.3 cm³/mol. The Morgan fingerprint density at radius 3 is 2.33 bits per heavy atom. The van der Waals surface area contributed by atoms with Crippen molar-refractivity contribution in [1.29, 1.82) is 0 Å². The lowest BCUT2D eigenvalue weighted by Gasteiger charge is -2.19. The van der Waals surface area contributed by atoms with Gasteiger partial charge >= 0.3 is 0 Å². The molecule has 0 radical (unpaired) electrons. The van der Waals surface area contributed by atoms with Gasteiger partial charge in [0, 0.05) is 5.69 Å². The molecule has 0 aromatic heterocycles. The van der Waals surface area contributed by atoms with Gasteiger partial charge < -0.3 is 19.5 Å². The molecule has 0 spiro atoms. The van der Waals surface area contributed by atoms with Crippen LogP contribution in [-0.2, 0) is 4.79 Å². The summed E-state index contributed by atoms with van der Waals surface area (Å²) in [5, 5.41) is 3.22. The second kappa shape index (κ2) is 8.45. The molecule has 1 N–H and O–H groups in total. The molecule has 0 fully saturated rings. The molecule has 0 aliphatic rings.